The Hall–Kier alpha value is -2.23. The summed E-state index contributed by atoms with van der Waals surface area (Å²) >= 11 is 2.97. The van der Waals surface area contributed by atoms with Gasteiger partial charge in [-0.3, -0.25) is 9.69 Å². The highest BCUT2D eigenvalue weighted by Crippen LogP contribution is 2.25. The van der Waals surface area contributed by atoms with E-state index in [-0.39, 0.29) is 11.8 Å². The van der Waals surface area contributed by atoms with Gasteiger partial charge in [0.2, 0.25) is 5.91 Å². The van der Waals surface area contributed by atoms with Gasteiger partial charge in [-0.25, -0.2) is 18.7 Å². The van der Waals surface area contributed by atoms with Gasteiger partial charge in [-0.05, 0) is 44.5 Å². The first-order valence-electron chi connectivity index (χ1n) is 9.79. The summed E-state index contributed by atoms with van der Waals surface area (Å²) in [6.45, 7) is 4.56. The predicted octanol–water partition coefficient (Wildman–Crippen LogP) is 4.63. The Balaban J connectivity index is 1.27. The van der Waals surface area contributed by atoms with Crippen LogP contribution in [-0.4, -0.2) is 33.9 Å². The third-order valence-electron chi connectivity index (χ3n) is 5.17. The highest BCUT2D eigenvalue weighted by molar-refractivity contribution is 7.15. The van der Waals surface area contributed by atoms with Crippen LogP contribution in [0, 0.1) is 24.5 Å². The highest BCUT2D eigenvalue weighted by Gasteiger charge is 2.26. The second-order valence-electron chi connectivity index (χ2n) is 7.44. The summed E-state index contributed by atoms with van der Waals surface area (Å²) in [5.74, 6) is -1.23. The van der Waals surface area contributed by atoms with Crippen molar-refractivity contribution in [3.8, 4) is 0 Å². The third-order valence-corrected chi connectivity index (χ3v) is 6.91. The Morgan fingerprint density at radius 3 is 2.80 bits per heavy atom. The number of halogens is 2. The number of hydrogen-bond acceptors (Lipinski definition) is 6. The van der Waals surface area contributed by atoms with Gasteiger partial charge in [-0.2, -0.15) is 0 Å². The molecule has 0 bridgehead atoms. The molecule has 0 saturated carbocycles. The van der Waals surface area contributed by atoms with Gasteiger partial charge in [0.25, 0.3) is 0 Å². The molecule has 1 amide bonds. The normalized spacial score (nSPS) is 15.4. The van der Waals surface area contributed by atoms with Crippen molar-refractivity contribution >= 4 is 33.7 Å². The van der Waals surface area contributed by atoms with Crippen LogP contribution in [0.15, 0.2) is 29.8 Å². The molecule has 1 saturated heterocycles. The second kappa shape index (κ2) is 9.28. The molecule has 0 spiro atoms. The van der Waals surface area contributed by atoms with Gasteiger partial charge >= 0.3 is 0 Å². The van der Waals surface area contributed by atoms with E-state index < -0.39 is 11.6 Å². The number of carbonyl (C=O) groups excluding carboxylic acids is 1. The zero-order chi connectivity index (χ0) is 21.1. The number of nitrogens with zero attached hydrogens (tertiary/aromatic N) is 3. The lowest BCUT2D eigenvalue weighted by Gasteiger charge is -2.30. The van der Waals surface area contributed by atoms with Gasteiger partial charge in [0.05, 0.1) is 10.7 Å². The van der Waals surface area contributed by atoms with Crippen LogP contribution in [0.3, 0.4) is 0 Å². The molecule has 0 unspecified atom stereocenters. The highest BCUT2D eigenvalue weighted by atomic mass is 32.1. The predicted molar refractivity (Wildman–Crippen MR) is 115 cm³/mol. The molecule has 2 aromatic heterocycles. The maximum Gasteiger partial charge on any atom is 0.229 e. The summed E-state index contributed by atoms with van der Waals surface area (Å²) in [6.07, 6.45) is 3.54. The van der Waals surface area contributed by atoms with Crippen LogP contribution in [0.25, 0.3) is 0 Å². The quantitative estimate of drug-likeness (QED) is 0.598. The minimum atomic E-state index is -0.596. The van der Waals surface area contributed by atoms with E-state index in [1.54, 1.807) is 17.5 Å². The number of thiazole rings is 2. The van der Waals surface area contributed by atoms with Gasteiger partial charge in [0.1, 0.15) is 11.6 Å². The van der Waals surface area contributed by atoms with Crippen LogP contribution in [-0.2, 0) is 17.8 Å². The Morgan fingerprint density at radius 2 is 2.10 bits per heavy atom. The summed E-state index contributed by atoms with van der Waals surface area (Å²) in [6, 6.07) is 3.55. The van der Waals surface area contributed by atoms with Gasteiger partial charge in [0.15, 0.2) is 5.13 Å². The first-order valence-corrected chi connectivity index (χ1v) is 11.5. The van der Waals surface area contributed by atoms with Crippen molar-refractivity contribution in [1.82, 2.24) is 14.9 Å². The average Bonchev–Trinajstić information content (AvgIpc) is 3.33. The van der Waals surface area contributed by atoms with Crippen molar-refractivity contribution in [3.63, 3.8) is 0 Å². The van der Waals surface area contributed by atoms with E-state index in [2.05, 4.69) is 25.6 Å². The van der Waals surface area contributed by atoms with Crippen molar-refractivity contribution < 1.29 is 13.6 Å². The standard InChI is InChI=1S/C21H22F2N4OS2/c1-13-25-17(12-29-13)11-27-6-4-14(5-7-27)20(28)26-21-24-10-18(30-21)8-15-2-3-16(22)9-19(15)23/h2-3,9-10,12,14H,4-8,11H2,1H3,(H,24,26,28). The van der Waals surface area contributed by atoms with Gasteiger partial charge < -0.3 is 5.32 Å². The van der Waals surface area contributed by atoms with Crippen LogP contribution in [0.1, 0.15) is 34.0 Å². The smallest absolute Gasteiger partial charge is 0.229 e. The molecule has 158 valence electrons. The molecular formula is C21H22F2N4OS2. The number of nitrogens with one attached hydrogen (secondary N) is 1. The van der Waals surface area contributed by atoms with E-state index in [0.717, 1.165) is 54.1 Å². The summed E-state index contributed by atoms with van der Waals surface area (Å²) in [5.41, 5.74) is 1.49. The van der Waals surface area contributed by atoms with E-state index in [0.29, 0.717) is 17.1 Å². The molecule has 1 fully saturated rings. The van der Waals surface area contributed by atoms with Crippen molar-refractivity contribution in [1.29, 1.82) is 0 Å². The summed E-state index contributed by atoms with van der Waals surface area (Å²) in [7, 11) is 0. The van der Waals surface area contributed by atoms with Gasteiger partial charge in [-0.1, -0.05) is 6.07 Å². The second-order valence-corrected chi connectivity index (χ2v) is 9.62. The number of piperidine rings is 1. The maximum atomic E-state index is 13.8. The average molecular weight is 449 g/mol. The zero-order valence-corrected chi connectivity index (χ0v) is 18.2. The van der Waals surface area contributed by atoms with E-state index >= 15 is 0 Å². The fourth-order valence-corrected chi connectivity index (χ4v) is 5.01. The van der Waals surface area contributed by atoms with Crippen LogP contribution < -0.4 is 5.32 Å². The number of benzene rings is 1. The number of anilines is 1. The molecule has 1 aliphatic heterocycles. The van der Waals surface area contributed by atoms with Crippen molar-refractivity contribution in [2.75, 3.05) is 18.4 Å². The molecule has 30 heavy (non-hydrogen) atoms. The number of aryl methyl sites for hydroxylation is 1. The van der Waals surface area contributed by atoms with E-state index in [1.807, 2.05) is 6.92 Å². The molecule has 0 aliphatic carbocycles. The number of likely N-dealkylation sites (tertiary alicyclic amines) is 1. The van der Waals surface area contributed by atoms with Crippen molar-refractivity contribution in [2.45, 2.75) is 32.7 Å². The minimum Gasteiger partial charge on any atom is -0.302 e. The number of aromatic nitrogens is 2. The van der Waals surface area contributed by atoms with Crippen molar-refractivity contribution in [2.24, 2.45) is 5.92 Å². The van der Waals surface area contributed by atoms with Crippen LogP contribution in [0.4, 0.5) is 13.9 Å². The molecule has 1 aliphatic rings. The van der Waals surface area contributed by atoms with Crippen LogP contribution >= 0.6 is 22.7 Å². The molecule has 5 nitrogen and oxygen atoms in total. The monoisotopic (exact) mass is 448 g/mol. The largest absolute Gasteiger partial charge is 0.302 e. The molecule has 9 heteroatoms. The molecule has 3 heterocycles. The fourth-order valence-electron chi connectivity index (χ4n) is 3.57. The summed E-state index contributed by atoms with van der Waals surface area (Å²) in [5, 5.41) is 6.57. The summed E-state index contributed by atoms with van der Waals surface area (Å²) < 4.78 is 26.9. The third kappa shape index (κ3) is 5.27. The molecule has 1 N–H and O–H groups in total. The van der Waals surface area contributed by atoms with E-state index in [4.69, 9.17) is 0 Å². The Bertz CT molecular complexity index is 1030. The number of amides is 1. The van der Waals surface area contributed by atoms with Gasteiger partial charge in [-0.15, -0.1) is 22.7 Å². The molecule has 1 aromatic carbocycles. The lowest BCUT2D eigenvalue weighted by molar-refractivity contribution is -0.121. The Morgan fingerprint density at radius 1 is 1.30 bits per heavy atom. The minimum absolute atomic E-state index is 0.0204. The molecule has 4 rings (SSSR count). The first-order chi connectivity index (χ1) is 14.5. The molecule has 0 radical (unpaired) electrons. The van der Waals surface area contributed by atoms with E-state index in [9.17, 15) is 13.6 Å². The first kappa shape index (κ1) is 21.0. The maximum absolute atomic E-state index is 13.8. The number of rotatable bonds is 6. The molecule has 0 atom stereocenters. The number of carbonyl (C=O) groups is 1. The fraction of sp³-hybridized carbons (Fsp3) is 0.381. The van der Waals surface area contributed by atoms with E-state index in [1.165, 1.54) is 23.5 Å². The molecular weight excluding hydrogens is 426 g/mol. The summed E-state index contributed by atoms with van der Waals surface area (Å²) in [4.78, 5) is 24.5. The zero-order valence-electron chi connectivity index (χ0n) is 16.5. The van der Waals surface area contributed by atoms with Crippen molar-refractivity contribution in [3.05, 3.63) is 62.6 Å². The Kier molecular flexibility index (Phi) is 6.50. The van der Waals surface area contributed by atoms with Gasteiger partial charge in [0, 0.05) is 41.4 Å². The lowest BCUT2D eigenvalue weighted by atomic mass is 9.96. The number of hydrogen-bond donors (Lipinski definition) is 1. The van der Waals surface area contributed by atoms with Crippen LogP contribution in [0.5, 0.6) is 0 Å². The Labute approximate surface area is 181 Å². The van der Waals surface area contributed by atoms with Crippen LogP contribution in [0.2, 0.25) is 0 Å². The molecule has 3 aromatic rings. The topological polar surface area (TPSA) is 58.1 Å². The lowest BCUT2D eigenvalue weighted by Crippen LogP contribution is -2.37. The SMILES string of the molecule is Cc1nc(CN2CCC(C(=O)Nc3ncc(Cc4ccc(F)cc4F)s3)CC2)cs1.